The molecule has 2 unspecified atom stereocenters. The standard InChI is InChI=1S/C22H27NO4/c1-15-9-10-16(2)21(12-15)27-17(3)22(24)23-18-6-4-7-19(13-18)26-14-20-8-5-11-25-20/h4,6-7,9-10,12-13,17,20H,5,8,11,14H2,1-3H3,(H,23,24). The molecule has 1 aliphatic rings. The van der Waals surface area contributed by atoms with Crippen LogP contribution in [0.4, 0.5) is 5.69 Å². The fraction of sp³-hybridized carbons (Fsp3) is 0.409. The number of hydrogen-bond acceptors (Lipinski definition) is 4. The second kappa shape index (κ2) is 8.91. The number of nitrogens with one attached hydrogen (secondary N) is 1. The maximum absolute atomic E-state index is 12.5. The maximum atomic E-state index is 12.5. The highest BCUT2D eigenvalue weighted by Gasteiger charge is 2.18. The molecule has 2 aromatic carbocycles. The van der Waals surface area contributed by atoms with E-state index in [4.69, 9.17) is 14.2 Å². The lowest BCUT2D eigenvalue weighted by molar-refractivity contribution is -0.122. The zero-order valence-electron chi connectivity index (χ0n) is 16.2. The molecule has 3 rings (SSSR count). The van der Waals surface area contributed by atoms with Crippen molar-refractivity contribution in [3.05, 3.63) is 53.6 Å². The van der Waals surface area contributed by atoms with Crippen molar-refractivity contribution in [1.29, 1.82) is 0 Å². The largest absolute Gasteiger partial charge is 0.491 e. The van der Waals surface area contributed by atoms with Crippen molar-refractivity contribution in [1.82, 2.24) is 0 Å². The van der Waals surface area contributed by atoms with Crippen LogP contribution in [-0.2, 0) is 9.53 Å². The summed E-state index contributed by atoms with van der Waals surface area (Å²) in [5.41, 5.74) is 2.78. The third-order valence-corrected chi connectivity index (χ3v) is 4.58. The van der Waals surface area contributed by atoms with Gasteiger partial charge in [-0.2, -0.15) is 0 Å². The number of carbonyl (C=O) groups is 1. The first-order chi connectivity index (χ1) is 13.0. The lowest BCUT2D eigenvalue weighted by Gasteiger charge is -2.17. The Balaban J connectivity index is 1.56. The molecule has 0 aromatic heterocycles. The molecular formula is C22H27NO4. The molecule has 1 heterocycles. The zero-order valence-corrected chi connectivity index (χ0v) is 16.2. The van der Waals surface area contributed by atoms with Crippen molar-refractivity contribution in [3.8, 4) is 11.5 Å². The summed E-state index contributed by atoms with van der Waals surface area (Å²) in [5.74, 6) is 1.24. The van der Waals surface area contributed by atoms with Crippen LogP contribution in [0.3, 0.4) is 0 Å². The van der Waals surface area contributed by atoms with E-state index in [2.05, 4.69) is 5.32 Å². The Labute approximate surface area is 160 Å². The van der Waals surface area contributed by atoms with E-state index in [1.807, 2.05) is 56.3 Å². The molecule has 1 amide bonds. The van der Waals surface area contributed by atoms with E-state index in [1.54, 1.807) is 6.92 Å². The Morgan fingerprint density at radius 3 is 2.89 bits per heavy atom. The smallest absolute Gasteiger partial charge is 0.265 e. The van der Waals surface area contributed by atoms with E-state index in [9.17, 15) is 4.79 Å². The van der Waals surface area contributed by atoms with E-state index < -0.39 is 6.10 Å². The molecule has 0 bridgehead atoms. The van der Waals surface area contributed by atoms with Gasteiger partial charge in [-0.3, -0.25) is 4.79 Å². The van der Waals surface area contributed by atoms with Crippen LogP contribution in [0.15, 0.2) is 42.5 Å². The number of rotatable bonds is 7. The predicted molar refractivity (Wildman–Crippen MR) is 106 cm³/mol. The predicted octanol–water partition coefficient (Wildman–Crippen LogP) is 4.27. The van der Waals surface area contributed by atoms with Crippen LogP contribution in [0, 0.1) is 13.8 Å². The van der Waals surface area contributed by atoms with Gasteiger partial charge < -0.3 is 19.5 Å². The summed E-state index contributed by atoms with van der Waals surface area (Å²) in [4.78, 5) is 12.5. The first-order valence-corrected chi connectivity index (χ1v) is 9.40. The second-order valence-electron chi connectivity index (χ2n) is 6.99. The number of ether oxygens (including phenoxy) is 3. The van der Waals surface area contributed by atoms with Gasteiger partial charge in [-0.1, -0.05) is 18.2 Å². The number of carbonyl (C=O) groups excluding carboxylic acids is 1. The third kappa shape index (κ3) is 5.47. The number of benzene rings is 2. The molecule has 144 valence electrons. The molecule has 5 heteroatoms. The topological polar surface area (TPSA) is 56.8 Å². The van der Waals surface area contributed by atoms with Crippen molar-refractivity contribution in [3.63, 3.8) is 0 Å². The zero-order chi connectivity index (χ0) is 19.2. The summed E-state index contributed by atoms with van der Waals surface area (Å²) in [6, 6.07) is 13.3. The minimum Gasteiger partial charge on any atom is -0.491 e. The van der Waals surface area contributed by atoms with E-state index in [1.165, 1.54) is 0 Å². The van der Waals surface area contributed by atoms with E-state index >= 15 is 0 Å². The summed E-state index contributed by atoms with van der Waals surface area (Å²) in [5, 5.41) is 2.89. The Morgan fingerprint density at radius 2 is 2.11 bits per heavy atom. The van der Waals surface area contributed by atoms with Gasteiger partial charge in [-0.15, -0.1) is 0 Å². The Morgan fingerprint density at radius 1 is 1.26 bits per heavy atom. The number of aryl methyl sites for hydroxylation is 2. The molecule has 27 heavy (non-hydrogen) atoms. The Kier molecular flexibility index (Phi) is 6.35. The van der Waals surface area contributed by atoms with Gasteiger partial charge in [-0.25, -0.2) is 0 Å². The summed E-state index contributed by atoms with van der Waals surface area (Å²) in [6.07, 6.45) is 1.67. The number of anilines is 1. The highest BCUT2D eigenvalue weighted by molar-refractivity contribution is 5.94. The summed E-state index contributed by atoms with van der Waals surface area (Å²) in [6.45, 7) is 7.05. The van der Waals surface area contributed by atoms with Crippen LogP contribution >= 0.6 is 0 Å². The first kappa shape index (κ1) is 19.2. The van der Waals surface area contributed by atoms with Gasteiger partial charge in [0.25, 0.3) is 5.91 Å². The van der Waals surface area contributed by atoms with E-state index in [0.717, 1.165) is 36.3 Å². The van der Waals surface area contributed by atoms with E-state index in [0.29, 0.717) is 18.0 Å². The highest BCUT2D eigenvalue weighted by atomic mass is 16.5. The van der Waals surface area contributed by atoms with Gasteiger partial charge in [0.1, 0.15) is 18.1 Å². The summed E-state index contributed by atoms with van der Waals surface area (Å²) >= 11 is 0. The average Bonchev–Trinajstić information content (AvgIpc) is 3.17. The quantitative estimate of drug-likeness (QED) is 0.792. The van der Waals surface area contributed by atoms with Gasteiger partial charge in [0, 0.05) is 18.4 Å². The average molecular weight is 369 g/mol. The molecule has 5 nitrogen and oxygen atoms in total. The monoisotopic (exact) mass is 369 g/mol. The van der Waals surface area contributed by atoms with Crippen LogP contribution in [-0.4, -0.2) is 31.3 Å². The SMILES string of the molecule is Cc1ccc(C)c(OC(C)C(=O)Nc2cccc(OCC3CCCO3)c2)c1. The van der Waals surface area contributed by atoms with Gasteiger partial charge in [0.15, 0.2) is 6.10 Å². The number of amides is 1. The second-order valence-corrected chi connectivity index (χ2v) is 6.99. The summed E-state index contributed by atoms with van der Waals surface area (Å²) < 4.78 is 17.2. The maximum Gasteiger partial charge on any atom is 0.265 e. The normalized spacial score (nSPS) is 17.4. The van der Waals surface area contributed by atoms with Gasteiger partial charge in [0.05, 0.1) is 6.10 Å². The van der Waals surface area contributed by atoms with Gasteiger partial charge >= 0.3 is 0 Å². The Hall–Kier alpha value is -2.53. The van der Waals surface area contributed by atoms with Crippen molar-refractivity contribution >= 4 is 11.6 Å². The van der Waals surface area contributed by atoms with Gasteiger partial charge in [-0.05, 0) is 62.9 Å². The molecule has 1 aliphatic heterocycles. The van der Waals surface area contributed by atoms with Crippen LogP contribution in [0.1, 0.15) is 30.9 Å². The Bertz CT molecular complexity index is 784. The molecule has 0 saturated carbocycles. The highest BCUT2D eigenvalue weighted by Crippen LogP contribution is 2.22. The van der Waals surface area contributed by atoms with Crippen LogP contribution in [0.2, 0.25) is 0 Å². The molecule has 2 aromatic rings. The van der Waals surface area contributed by atoms with Gasteiger partial charge in [0.2, 0.25) is 0 Å². The minimum atomic E-state index is -0.609. The molecule has 0 aliphatic carbocycles. The van der Waals surface area contributed by atoms with Crippen LogP contribution in [0.25, 0.3) is 0 Å². The third-order valence-electron chi connectivity index (χ3n) is 4.58. The van der Waals surface area contributed by atoms with Crippen LogP contribution in [0.5, 0.6) is 11.5 Å². The van der Waals surface area contributed by atoms with Crippen LogP contribution < -0.4 is 14.8 Å². The lowest BCUT2D eigenvalue weighted by Crippen LogP contribution is -2.30. The fourth-order valence-corrected chi connectivity index (χ4v) is 2.95. The molecular weight excluding hydrogens is 342 g/mol. The van der Waals surface area contributed by atoms with Crippen molar-refractivity contribution < 1.29 is 19.0 Å². The van der Waals surface area contributed by atoms with E-state index in [-0.39, 0.29) is 12.0 Å². The molecule has 0 radical (unpaired) electrons. The first-order valence-electron chi connectivity index (χ1n) is 9.40. The minimum absolute atomic E-state index is 0.161. The van der Waals surface area contributed by atoms with Crippen molar-refractivity contribution in [2.75, 3.05) is 18.5 Å². The molecule has 0 spiro atoms. The molecule has 2 atom stereocenters. The lowest BCUT2D eigenvalue weighted by atomic mass is 10.1. The number of hydrogen-bond donors (Lipinski definition) is 1. The summed E-state index contributed by atoms with van der Waals surface area (Å²) in [7, 11) is 0. The molecule has 1 N–H and O–H groups in total. The molecule has 1 fully saturated rings. The van der Waals surface area contributed by atoms with Crippen molar-refractivity contribution in [2.24, 2.45) is 0 Å². The molecule has 1 saturated heterocycles. The fourth-order valence-electron chi connectivity index (χ4n) is 2.95. The van der Waals surface area contributed by atoms with Crippen molar-refractivity contribution in [2.45, 2.75) is 45.8 Å².